The van der Waals surface area contributed by atoms with E-state index in [0.717, 1.165) is 31.4 Å². The summed E-state index contributed by atoms with van der Waals surface area (Å²) in [5.41, 5.74) is 0.947. The summed E-state index contributed by atoms with van der Waals surface area (Å²) in [5, 5.41) is 12.6. The van der Waals surface area contributed by atoms with Gasteiger partial charge in [0.2, 0.25) is 0 Å². The minimum absolute atomic E-state index is 0.125. The summed E-state index contributed by atoms with van der Waals surface area (Å²) in [6, 6.07) is 7.02. The molecule has 0 aliphatic carbocycles. The van der Waals surface area contributed by atoms with Crippen molar-refractivity contribution < 1.29 is 28.8 Å². The molecule has 8 nitrogen and oxygen atoms in total. The number of nitrogens with one attached hydrogen (secondary N) is 1. The molecule has 2 N–H and O–H groups in total. The summed E-state index contributed by atoms with van der Waals surface area (Å²) < 4.78 is 22.4. The minimum atomic E-state index is -0.606. The molecule has 2 heterocycles. The van der Waals surface area contributed by atoms with E-state index in [1.165, 1.54) is 0 Å². The van der Waals surface area contributed by atoms with Crippen LogP contribution in [0.3, 0.4) is 0 Å². The molecule has 2 saturated heterocycles. The van der Waals surface area contributed by atoms with E-state index in [0.29, 0.717) is 37.7 Å². The molecule has 0 bridgehead atoms. The van der Waals surface area contributed by atoms with E-state index in [4.69, 9.17) is 18.9 Å². The van der Waals surface area contributed by atoms with Crippen molar-refractivity contribution in [2.45, 2.75) is 64.1 Å². The molecule has 2 atom stereocenters. The van der Waals surface area contributed by atoms with E-state index < -0.39 is 17.7 Å². The van der Waals surface area contributed by atoms with Gasteiger partial charge in [-0.05, 0) is 57.7 Å². The molecule has 0 radical (unpaired) electrons. The average Bonchev–Trinajstić information content (AvgIpc) is 2.72. The van der Waals surface area contributed by atoms with Crippen LogP contribution >= 0.6 is 0 Å². The van der Waals surface area contributed by atoms with Crippen LogP contribution in [0.1, 0.15) is 51.6 Å². The van der Waals surface area contributed by atoms with Crippen LogP contribution in [0.4, 0.5) is 4.79 Å². The summed E-state index contributed by atoms with van der Waals surface area (Å²) in [4.78, 5) is 14.4. The Morgan fingerprint density at radius 1 is 1.25 bits per heavy atom. The first-order valence-electron chi connectivity index (χ1n) is 11.3. The van der Waals surface area contributed by atoms with Crippen molar-refractivity contribution in [1.29, 1.82) is 0 Å². The summed E-state index contributed by atoms with van der Waals surface area (Å²) in [6.07, 6.45) is 2.14. The summed E-state index contributed by atoms with van der Waals surface area (Å²) in [6.45, 7) is 12.2. The van der Waals surface area contributed by atoms with Gasteiger partial charge in [0, 0.05) is 25.4 Å². The number of aliphatic hydroxyl groups excluding tert-OH is 1. The maximum atomic E-state index is 12.4. The highest BCUT2D eigenvalue weighted by molar-refractivity contribution is 5.69. The van der Waals surface area contributed by atoms with Crippen LogP contribution in [-0.4, -0.2) is 67.0 Å². The Bertz CT molecular complexity index is 749. The third-order valence-electron chi connectivity index (χ3n) is 5.27. The Hall–Kier alpha value is -2.29. The number of aliphatic hydroxyl groups is 1. The third kappa shape index (κ3) is 7.39. The predicted octanol–water partition coefficient (Wildman–Crippen LogP) is 3.36. The topological polar surface area (TPSA) is 89.5 Å². The maximum absolute atomic E-state index is 12.4. The largest absolute Gasteiger partial charge is 0.491 e. The highest BCUT2D eigenvalue weighted by atomic mass is 16.7. The highest BCUT2D eigenvalue weighted by Crippen LogP contribution is 2.29. The SMILES string of the molecule is C=C([C@@H](NC(=O)OC(C)(C)C)c1ccc(OCCOC2CCCCO2)cc1)N1CC(O)C1. The monoisotopic (exact) mass is 448 g/mol. The number of nitrogens with zero attached hydrogens (tertiary/aromatic N) is 1. The number of carbonyl (C=O) groups excluding carboxylic acids is 1. The van der Waals surface area contributed by atoms with Gasteiger partial charge in [-0.2, -0.15) is 0 Å². The Kier molecular flexibility index (Phi) is 8.39. The van der Waals surface area contributed by atoms with Crippen molar-refractivity contribution in [2.24, 2.45) is 0 Å². The van der Waals surface area contributed by atoms with Crippen LogP contribution in [-0.2, 0) is 14.2 Å². The van der Waals surface area contributed by atoms with Crippen molar-refractivity contribution in [3.8, 4) is 5.75 Å². The molecule has 2 fully saturated rings. The van der Waals surface area contributed by atoms with Gasteiger partial charge in [0.05, 0.1) is 18.8 Å². The molecule has 8 heteroatoms. The van der Waals surface area contributed by atoms with Crippen molar-refractivity contribution >= 4 is 6.09 Å². The van der Waals surface area contributed by atoms with Gasteiger partial charge < -0.3 is 34.3 Å². The molecule has 178 valence electrons. The molecule has 2 aliphatic heterocycles. The fourth-order valence-electron chi connectivity index (χ4n) is 3.60. The number of alkyl carbamates (subject to hydrolysis) is 1. The number of hydrogen-bond acceptors (Lipinski definition) is 7. The number of β-amino-alcohol motifs (C(OH)–C–C–N with tert-alkyl or cyclic N) is 1. The molecule has 0 saturated carbocycles. The number of benzene rings is 1. The fraction of sp³-hybridized carbons (Fsp3) is 0.625. The second-order valence-electron chi connectivity index (χ2n) is 9.21. The van der Waals surface area contributed by atoms with Crippen LogP contribution in [0.5, 0.6) is 5.75 Å². The second kappa shape index (κ2) is 11.0. The van der Waals surface area contributed by atoms with E-state index in [9.17, 15) is 9.90 Å². The molecule has 1 aromatic carbocycles. The van der Waals surface area contributed by atoms with E-state index >= 15 is 0 Å². The Morgan fingerprint density at radius 2 is 1.97 bits per heavy atom. The molecule has 2 aliphatic rings. The van der Waals surface area contributed by atoms with Crippen molar-refractivity contribution in [3.05, 3.63) is 42.1 Å². The smallest absolute Gasteiger partial charge is 0.408 e. The zero-order chi connectivity index (χ0) is 23.1. The zero-order valence-corrected chi connectivity index (χ0v) is 19.3. The Labute approximate surface area is 190 Å². The van der Waals surface area contributed by atoms with Gasteiger partial charge in [-0.1, -0.05) is 18.7 Å². The normalized spacial score (nSPS) is 20.2. The number of rotatable bonds is 9. The van der Waals surface area contributed by atoms with Gasteiger partial charge in [0.25, 0.3) is 0 Å². The first-order chi connectivity index (χ1) is 15.2. The molecular weight excluding hydrogens is 412 g/mol. The lowest BCUT2D eigenvalue weighted by atomic mass is 10.0. The second-order valence-corrected chi connectivity index (χ2v) is 9.21. The van der Waals surface area contributed by atoms with Crippen LogP contribution in [0.2, 0.25) is 0 Å². The Balaban J connectivity index is 1.56. The van der Waals surface area contributed by atoms with E-state index in [1.54, 1.807) is 0 Å². The molecule has 32 heavy (non-hydrogen) atoms. The van der Waals surface area contributed by atoms with Gasteiger partial charge in [-0.25, -0.2) is 4.79 Å². The van der Waals surface area contributed by atoms with Crippen molar-refractivity contribution in [1.82, 2.24) is 10.2 Å². The summed E-state index contributed by atoms with van der Waals surface area (Å²) in [5.74, 6) is 0.711. The van der Waals surface area contributed by atoms with Crippen molar-refractivity contribution in [3.63, 3.8) is 0 Å². The van der Waals surface area contributed by atoms with E-state index in [1.807, 2.05) is 49.9 Å². The number of carbonyl (C=O) groups is 1. The number of likely N-dealkylation sites (tertiary alicyclic amines) is 1. The van der Waals surface area contributed by atoms with Gasteiger partial charge in [-0.15, -0.1) is 0 Å². The lowest BCUT2D eigenvalue weighted by Crippen LogP contribution is -2.52. The predicted molar refractivity (Wildman–Crippen MR) is 120 cm³/mol. The lowest BCUT2D eigenvalue weighted by molar-refractivity contribution is -0.165. The first-order valence-corrected chi connectivity index (χ1v) is 11.3. The van der Waals surface area contributed by atoms with Crippen LogP contribution < -0.4 is 10.1 Å². The molecule has 3 rings (SSSR count). The number of hydrogen-bond donors (Lipinski definition) is 2. The third-order valence-corrected chi connectivity index (χ3v) is 5.27. The van der Waals surface area contributed by atoms with Crippen LogP contribution in [0.15, 0.2) is 36.5 Å². The first kappa shape index (κ1) is 24.4. The molecular formula is C24H36N2O6. The molecule has 1 aromatic rings. The quantitative estimate of drug-likeness (QED) is 0.560. The van der Waals surface area contributed by atoms with Gasteiger partial charge >= 0.3 is 6.09 Å². The molecule has 1 amide bonds. The number of amides is 1. The van der Waals surface area contributed by atoms with Gasteiger partial charge in [-0.3, -0.25) is 0 Å². The van der Waals surface area contributed by atoms with Gasteiger partial charge in [0.1, 0.15) is 18.0 Å². The summed E-state index contributed by atoms with van der Waals surface area (Å²) in [7, 11) is 0. The van der Waals surface area contributed by atoms with Crippen LogP contribution in [0, 0.1) is 0 Å². The fourth-order valence-corrected chi connectivity index (χ4v) is 3.60. The standard InChI is InChI=1S/C24H36N2O6/c1-17(26-15-19(27)16-26)22(25-23(28)32-24(2,3)4)18-8-10-20(11-9-18)29-13-14-31-21-7-5-6-12-30-21/h8-11,19,21-22,27H,1,5-7,12-16H2,2-4H3,(H,25,28)/t21?,22-/m1/s1. The summed E-state index contributed by atoms with van der Waals surface area (Å²) >= 11 is 0. The lowest BCUT2D eigenvalue weighted by Gasteiger charge is -2.42. The van der Waals surface area contributed by atoms with E-state index in [-0.39, 0.29) is 12.4 Å². The van der Waals surface area contributed by atoms with Crippen molar-refractivity contribution in [2.75, 3.05) is 32.9 Å². The minimum Gasteiger partial charge on any atom is -0.491 e. The van der Waals surface area contributed by atoms with E-state index in [2.05, 4.69) is 11.9 Å². The van der Waals surface area contributed by atoms with Crippen LogP contribution in [0.25, 0.3) is 0 Å². The molecule has 1 unspecified atom stereocenters. The average molecular weight is 449 g/mol. The van der Waals surface area contributed by atoms with Gasteiger partial charge in [0.15, 0.2) is 6.29 Å². The highest BCUT2D eigenvalue weighted by Gasteiger charge is 2.31. The zero-order valence-electron chi connectivity index (χ0n) is 19.3. The number of ether oxygens (including phenoxy) is 4. The molecule has 0 aromatic heterocycles. The maximum Gasteiger partial charge on any atom is 0.408 e. The molecule has 0 spiro atoms. The Morgan fingerprint density at radius 3 is 2.56 bits per heavy atom.